The zero-order chi connectivity index (χ0) is 13.7. The van der Waals surface area contributed by atoms with Crippen molar-refractivity contribution in [1.29, 1.82) is 5.41 Å². The summed E-state index contributed by atoms with van der Waals surface area (Å²) in [6.45, 7) is 2.22. The molecule has 1 aliphatic heterocycles. The summed E-state index contributed by atoms with van der Waals surface area (Å²) in [7, 11) is 0. The molecular weight excluding hydrogens is 240 g/mol. The minimum atomic E-state index is 0.00958. The predicted molar refractivity (Wildman–Crippen MR) is 75.1 cm³/mol. The highest BCUT2D eigenvalue weighted by Gasteiger charge is 2.15. The molecule has 0 unspecified atom stereocenters. The molecule has 1 heterocycles. The van der Waals surface area contributed by atoms with Crippen molar-refractivity contribution in [2.24, 2.45) is 5.73 Å². The summed E-state index contributed by atoms with van der Waals surface area (Å²) >= 11 is 0. The van der Waals surface area contributed by atoms with E-state index in [2.05, 4.69) is 5.32 Å². The molecule has 0 saturated carbocycles. The highest BCUT2D eigenvalue weighted by atomic mass is 16.2. The van der Waals surface area contributed by atoms with Crippen molar-refractivity contribution in [3.05, 3.63) is 35.4 Å². The van der Waals surface area contributed by atoms with Crippen LogP contribution in [-0.4, -0.2) is 29.9 Å². The van der Waals surface area contributed by atoms with Crippen molar-refractivity contribution < 1.29 is 4.79 Å². The molecule has 1 saturated heterocycles. The number of amidine groups is 1. The maximum absolute atomic E-state index is 11.9. The van der Waals surface area contributed by atoms with E-state index < -0.39 is 0 Å². The van der Waals surface area contributed by atoms with Crippen molar-refractivity contribution in [3.63, 3.8) is 0 Å². The summed E-state index contributed by atoms with van der Waals surface area (Å²) < 4.78 is 0. The molecule has 1 fully saturated rings. The number of hydrogen-bond donors (Lipinski definition) is 3. The summed E-state index contributed by atoms with van der Waals surface area (Å²) in [5, 5.41) is 10.2. The Morgan fingerprint density at radius 3 is 2.42 bits per heavy atom. The molecule has 19 heavy (non-hydrogen) atoms. The van der Waals surface area contributed by atoms with Crippen LogP contribution in [-0.2, 0) is 6.54 Å². The number of nitrogens with two attached hydrogens (primary N) is 1. The van der Waals surface area contributed by atoms with Gasteiger partial charge in [-0.25, -0.2) is 4.79 Å². The second kappa shape index (κ2) is 6.22. The van der Waals surface area contributed by atoms with Gasteiger partial charge in [-0.15, -0.1) is 0 Å². The average molecular weight is 260 g/mol. The van der Waals surface area contributed by atoms with Crippen LogP contribution in [0.2, 0.25) is 0 Å². The molecule has 0 aromatic heterocycles. The van der Waals surface area contributed by atoms with Crippen LogP contribution in [0.25, 0.3) is 0 Å². The van der Waals surface area contributed by atoms with Crippen molar-refractivity contribution in [2.75, 3.05) is 13.1 Å². The van der Waals surface area contributed by atoms with Gasteiger partial charge in [0.25, 0.3) is 0 Å². The van der Waals surface area contributed by atoms with E-state index in [1.54, 1.807) is 12.1 Å². The van der Waals surface area contributed by atoms with E-state index in [0.29, 0.717) is 12.1 Å². The van der Waals surface area contributed by atoms with Crippen molar-refractivity contribution >= 4 is 11.9 Å². The number of amides is 2. The first-order valence-corrected chi connectivity index (χ1v) is 6.63. The van der Waals surface area contributed by atoms with Crippen LogP contribution in [0.4, 0.5) is 4.79 Å². The Labute approximate surface area is 113 Å². The highest BCUT2D eigenvalue weighted by Crippen LogP contribution is 2.09. The lowest BCUT2D eigenvalue weighted by Crippen LogP contribution is -2.42. The van der Waals surface area contributed by atoms with Gasteiger partial charge in [0, 0.05) is 25.2 Å². The van der Waals surface area contributed by atoms with Gasteiger partial charge in [0.15, 0.2) is 0 Å². The van der Waals surface area contributed by atoms with E-state index in [4.69, 9.17) is 11.1 Å². The first-order valence-electron chi connectivity index (χ1n) is 6.63. The number of nitrogens with one attached hydrogen (secondary N) is 2. The molecule has 0 aliphatic carbocycles. The topological polar surface area (TPSA) is 82.2 Å². The van der Waals surface area contributed by atoms with Gasteiger partial charge in [-0.05, 0) is 24.8 Å². The number of likely N-dealkylation sites (tertiary alicyclic amines) is 1. The summed E-state index contributed by atoms with van der Waals surface area (Å²) in [5.41, 5.74) is 7.10. The number of piperidine rings is 1. The minimum absolute atomic E-state index is 0.00958. The standard InChI is InChI=1S/C14H20N4O/c15-13(16)12-6-4-11(5-7-12)10-17-14(19)18-8-2-1-3-9-18/h4-7H,1-3,8-10H2,(H3,15,16)(H,17,19). The predicted octanol–water partition coefficient (Wildman–Crippen LogP) is 1.67. The molecule has 5 heteroatoms. The third-order valence-electron chi connectivity index (χ3n) is 3.35. The van der Waals surface area contributed by atoms with Crippen LogP contribution < -0.4 is 11.1 Å². The lowest BCUT2D eigenvalue weighted by atomic mass is 10.1. The third-order valence-corrected chi connectivity index (χ3v) is 3.35. The van der Waals surface area contributed by atoms with Crippen molar-refractivity contribution in [2.45, 2.75) is 25.8 Å². The molecule has 0 radical (unpaired) electrons. The maximum Gasteiger partial charge on any atom is 0.317 e. The van der Waals surface area contributed by atoms with Gasteiger partial charge in [0.1, 0.15) is 5.84 Å². The third kappa shape index (κ3) is 3.71. The molecule has 1 aliphatic rings. The van der Waals surface area contributed by atoms with E-state index in [-0.39, 0.29) is 11.9 Å². The Morgan fingerprint density at radius 2 is 1.84 bits per heavy atom. The van der Waals surface area contributed by atoms with E-state index in [1.807, 2.05) is 17.0 Å². The molecule has 102 valence electrons. The van der Waals surface area contributed by atoms with Crippen LogP contribution >= 0.6 is 0 Å². The van der Waals surface area contributed by atoms with Crippen molar-refractivity contribution in [1.82, 2.24) is 10.2 Å². The zero-order valence-corrected chi connectivity index (χ0v) is 11.0. The Morgan fingerprint density at radius 1 is 1.21 bits per heavy atom. The van der Waals surface area contributed by atoms with Gasteiger partial charge in [0.2, 0.25) is 0 Å². The highest BCUT2D eigenvalue weighted by molar-refractivity contribution is 5.94. The fraction of sp³-hybridized carbons (Fsp3) is 0.429. The number of carbonyl (C=O) groups excluding carboxylic acids is 1. The molecular formula is C14H20N4O. The molecule has 1 aromatic rings. The van der Waals surface area contributed by atoms with Gasteiger partial charge in [-0.3, -0.25) is 5.41 Å². The fourth-order valence-corrected chi connectivity index (χ4v) is 2.19. The minimum Gasteiger partial charge on any atom is -0.384 e. The maximum atomic E-state index is 11.9. The molecule has 0 atom stereocenters. The second-order valence-electron chi connectivity index (χ2n) is 4.82. The van der Waals surface area contributed by atoms with E-state index in [0.717, 1.165) is 31.5 Å². The molecule has 2 amide bonds. The molecule has 4 N–H and O–H groups in total. The summed E-state index contributed by atoms with van der Waals surface area (Å²) in [5.74, 6) is 0.0592. The zero-order valence-electron chi connectivity index (χ0n) is 11.0. The Balaban J connectivity index is 1.84. The lowest BCUT2D eigenvalue weighted by molar-refractivity contribution is 0.186. The number of rotatable bonds is 3. The number of hydrogen-bond acceptors (Lipinski definition) is 2. The van der Waals surface area contributed by atoms with Gasteiger partial charge in [-0.2, -0.15) is 0 Å². The SMILES string of the molecule is N=C(N)c1ccc(CNC(=O)N2CCCCC2)cc1. The van der Waals surface area contributed by atoms with Gasteiger partial charge in [-0.1, -0.05) is 24.3 Å². The molecule has 0 spiro atoms. The second-order valence-corrected chi connectivity index (χ2v) is 4.82. The number of nitrogens with zero attached hydrogens (tertiary/aromatic N) is 1. The first kappa shape index (κ1) is 13.4. The number of urea groups is 1. The van der Waals surface area contributed by atoms with Gasteiger partial charge >= 0.3 is 6.03 Å². The van der Waals surface area contributed by atoms with E-state index in [1.165, 1.54) is 6.42 Å². The van der Waals surface area contributed by atoms with Crippen LogP contribution in [0.1, 0.15) is 30.4 Å². The number of nitrogen functional groups attached to an aromatic ring is 1. The quantitative estimate of drug-likeness (QED) is 0.570. The first-order chi connectivity index (χ1) is 9.16. The number of benzene rings is 1. The summed E-state index contributed by atoms with van der Waals surface area (Å²) in [6.07, 6.45) is 3.41. The van der Waals surface area contributed by atoms with Crippen LogP contribution in [0.5, 0.6) is 0 Å². The van der Waals surface area contributed by atoms with Crippen LogP contribution in [0.3, 0.4) is 0 Å². The van der Waals surface area contributed by atoms with Crippen molar-refractivity contribution in [3.8, 4) is 0 Å². The monoisotopic (exact) mass is 260 g/mol. The van der Waals surface area contributed by atoms with Crippen LogP contribution in [0, 0.1) is 5.41 Å². The van der Waals surface area contributed by atoms with Crippen LogP contribution in [0.15, 0.2) is 24.3 Å². The molecule has 5 nitrogen and oxygen atoms in total. The largest absolute Gasteiger partial charge is 0.384 e. The molecule has 1 aromatic carbocycles. The molecule has 0 bridgehead atoms. The molecule has 2 rings (SSSR count). The summed E-state index contributed by atoms with van der Waals surface area (Å²) in [4.78, 5) is 13.8. The Hall–Kier alpha value is -2.04. The van der Waals surface area contributed by atoms with E-state index >= 15 is 0 Å². The number of carbonyl (C=O) groups is 1. The fourth-order valence-electron chi connectivity index (χ4n) is 2.19. The Bertz CT molecular complexity index is 449. The smallest absolute Gasteiger partial charge is 0.317 e. The van der Waals surface area contributed by atoms with Gasteiger partial charge < -0.3 is 16.0 Å². The normalized spacial score (nSPS) is 15.1. The summed E-state index contributed by atoms with van der Waals surface area (Å²) in [6, 6.07) is 7.37. The average Bonchev–Trinajstić information content (AvgIpc) is 2.46. The lowest BCUT2D eigenvalue weighted by Gasteiger charge is -2.26. The van der Waals surface area contributed by atoms with E-state index in [9.17, 15) is 4.79 Å². The Kier molecular flexibility index (Phi) is 4.39. The van der Waals surface area contributed by atoms with Gasteiger partial charge in [0.05, 0.1) is 0 Å².